The van der Waals surface area contributed by atoms with E-state index in [0.717, 1.165) is 0 Å². The molecule has 4 N–H and O–H groups in total. The molecule has 0 aliphatic heterocycles. The summed E-state index contributed by atoms with van der Waals surface area (Å²) in [7, 11) is 1.55. The van der Waals surface area contributed by atoms with Crippen molar-refractivity contribution in [3.8, 4) is 5.75 Å². The van der Waals surface area contributed by atoms with Gasteiger partial charge in [-0.2, -0.15) is 9.97 Å². The first-order chi connectivity index (χ1) is 13.0. The lowest BCUT2D eigenvalue weighted by atomic mass is 10.3. The van der Waals surface area contributed by atoms with Gasteiger partial charge in [0.15, 0.2) is 0 Å². The molecule has 0 radical (unpaired) electrons. The lowest BCUT2D eigenvalue weighted by Gasteiger charge is -2.11. The first-order valence-corrected chi connectivity index (χ1v) is 7.72. The number of rotatable bonds is 6. The Hall–Kier alpha value is -3.95. The lowest BCUT2D eigenvalue weighted by Crippen LogP contribution is -2.08. The van der Waals surface area contributed by atoms with Gasteiger partial charge in [-0.05, 0) is 48.5 Å². The van der Waals surface area contributed by atoms with Crippen LogP contribution in [0.15, 0.2) is 48.5 Å². The first-order valence-electron chi connectivity index (χ1n) is 7.72. The van der Waals surface area contributed by atoms with E-state index in [0.29, 0.717) is 17.1 Å². The summed E-state index contributed by atoms with van der Waals surface area (Å²) < 4.78 is 18.1. The smallest absolute Gasteiger partial charge is 0.353 e. The molecule has 0 unspecified atom stereocenters. The maximum Gasteiger partial charge on any atom is 0.353 e. The minimum Gasteiger partial charge on any atom is -0.497 e. The monoisotopic (exact) mass is 370 g/mol. The van der Waals surface area contributed by atoms with Gasteiger partial charge in [0.1, 0.15) is 11.6 Å². The van der Waals surface area contributed by atoms with Crippen LogP contribution in [0.4, 0.5) is 39.0 Å². The van der Waals surface area contributed by atoms with E-state index in [2.05, 4.69) is 20.6 Å². The molecule has 10 heteroatoms. The summed E-state index contributed by atoms with van der Waals surface area (Å²) in [6.45, 7) is 0. The molecule has 2 aromatic carbocycles. The van der Waals surface area contributed by atoms with Crippen molar-refractivity contribution in [3.63, 3.8) is 0 Å². The number of aromatic nitrogens is 2. The SMILES string of the molecule is COc1ccc(Nc2nc(N)c([N+](=O)[O-])c(Nc3ccc(F)cc3)n2)cc1. The van der Waals surface area contributed by atoms with Crippen molar-refractivity contribution in [3.05, 3.63) is 64.5 Å². The Kier molecular flexibility index (Phi) is 4.97. The number of nitro groups is 1. The maximum absolute atomic E-state index is 13.1. The third-order valence-corrected chi connectivity index (χ3v) is 3.55. The molecule has 0 atom stereocenters. The van der Waals surface area contributed by atoms with E-state index >= 15 is 0 Å². The topological polar surface area (TPSA) is 128 Å². The number of benzene rings is 2. The van der Waals surface area contributed by atoms with Crippen LogP contribution in [0.5, 0.6) is 5.75 Å². The fourth-order valence-corrected chi connectivity index (χ4v) is 2.27. The highest BCUT2D eigenvalue weighted by atomic mass is 19.1. The summed E-state index contributed by atoms with van der Waals surface area (Å²) in [5, 5.41) is 17.0. The van der Waals surface area contributed by atoms with Crippen molar-refractivity contribution in [2.45, 2.75) is 0 Å². The second-order valence-electron chi connectivity index (χ2n) is 5.37. The molecule has 9 nitrogen and oxygen atoms in total. The van der Waals surface area contributed by atoms with E-state index in [-0.39, 0.29) is 17.6 Å². The molecular formula is C17H15FN6O3. The average molecular weight is 370 g/mol. The van der Waals surface area contributed by atoms with Crippen molar-refractivity contribution >= 4 is 34.6 Å². The standard InChI is InChI=1S/C17H15FN6O3/c1-27-13-8-6-12(7-9-13)21-17-22-15(19)14(24(25)26)16(23-17)20-11-4-2-10(18)3-5-11/h2-9H,1H3,(H4,19,20,21,22,23). The Morgan fingerprint density at radius 2 is 1.63 bits per heavy atom. The van der Waals surface area contributed by atoms with Gasteiger partial charge in [-0.25, -0.2) is 4.39 Å². The van der Waals surface area contributed by atoms with Gasteiger partial charge in [0.25, 0.3) is 0 Å². The quantitative estimate of drug-likeness (QED) is 0.443. The normalized spacial score (nSPS) is 10.3. The third kappa shape index (κ3) is 4.18. The van der Waals surface area contributed by atoms with Crippen molar-refractivity contribution in [1.82, 2.24) is 9.97 Å². The van der Waals surface area contributed by atoms with Gasteiger partial charge in [-0.1, -0.05) is 0 Å². The zero-order valence-corrected chi connectivity index (χ0v) is 14.1. The van der Waals surface area contributed by atoms with Crippen LogP contribution in [-0.2, 0) is 0 Å². The number of nitrogen functional groups attached to an aromatic ring is 1. The molecule has 0 spiro atoms. The third-order valence-electron chi connectivity index (χ3n) is 3.55. The van der Waals surface area contributed by atoms with Gasteiger partial charge in [0.2, 0.25) is 17.6 Å². The van der Waals surface area contributed by atoms with Crippen molar-refractivity contribution in [2.24, 2.45) is 0 Å². The number of halogens is 1. The number of nitrogens with two attached hydrogens (primary N) is 1. The van der Waals surface area contributed by atoms with E-state index in [1.807, 2.05) is 0 Å². The molecule has 0 fully saturated rings. The van der Waals surface area contributed by atoms with Crippen LogP contribution in [0.2, 0.25) is 0 Å². The molecule has 0 bridgehead atoms. The fourth-order valence-electron chi connectivity index (χ4n) is 2.27. The highest BCUT2D eigenvalue weighted by Crippen LogP contribution is 2.32. The summed E-state index contributed by atoms with van der Waals surface area (Å²) in [6, 6.07) is 12.2. The summed E-state index contributed by atoms with van der Waals surface area (Å²) in [4.78, 5) is 18.7. The lowest BCUT2D eigenvalue weighted by molar-refractivity contribution is -0.383. The van der Waals surface area contributed by atoms with Crippen LogP contribution in [0.25, 0.3) is 0 Å². The number of ether oxygens (including phenoxy) is 1. The molecule has 138 valence electrons. The molecule has 0 amide bonds. The zero-order chi connectivity index (χ0) is 19.4. The molecule has 0 saturated carbocycles. The minimum absolute atomic E-state index is 0.0629. The molecule has 27 heavy (non-hydrogen) atoms. The van der Waals surface area contributed by atoms with Crippen LogP contribution < -0.4 is 21.1 Å². The largest absolute Gasteiger partial charge is 0.497 e. The highest BCUT2D eigenvalue weighted by Gasteiger charge is 2.23. The maximum atomic E-state index is 13.1. The first kappa shape index (κ1) is 17.9. The molecule has 1 aromatic heterocycles. The second kappa shape index (κ2) is 7.52. The molecule has 0 saturated heterocycles. The number of methoxy groups -OCH3 is 1. The molecule has 3 aromatic rings. The predicted molar refractivity (Wildman–Crippen MR) is 99.1 cm³/mol. The van der Waals surface area contributed by atoms with Gasteiger partial charge in [-0.3, -0.25) is 10.1 Å². The van der Waals surface area contributed by atoms with Gasteiger partial charge in [-0.15, -0.1) is 0 Å². The van der Waals surface area contributed by atoms with Crippen LogP contribution in [0.1, 0.15) is 0 Å². The minimum atomic E-state index is -0.682. The number of anilines is 5. The Balaban J connectivity index is 1.94. The van der Waals surface area contributed by atoms with E-state index in [1.54, 1.807) is 31.4 Å². The molecule has 1 heterocycles. The average Bonchev–Trinajstić information content (AvgIpc) is 2.63. The van der Waals surface area contributed by atoms with Gasteiger partial charge >= 0.3 is 5.69 Å². The van der Waals surface area contributed by atoms with Gasteiger partial charge in [0.05, 0.1) is 12.0 Å². The summed E-state index contributed by atoms with van der Waals surface area (Å²) in [5.41, 5.74) is 6.32. The van der Waals surface area contributed by atoms with E-state index < -0.39 is 16.4 Å². The molecule has 0 aliphatic carbocycles. The number of nitrogens with one attached hydrogen (secondary N) is 2. The fraction of sp³-hybridized carbons (Fsp3) is 0.0588. The number of hydrogen-bond acceptors (Lipinski definition) is 8. The molecule has 0 aliphatic rings. The zero-order valence-electron chi connectivity index (χ0n) is 14.1. The van der Waals surface area contributed by atoms with E-state index in [9.17, 15) is 14.5 Å². The second-order valence-corrected chi connectivity index (χ2v) is 5.37. The number of hydrogen-bond donors (Lipinski definition) is 3. The van der Waals surface area contributed by atoms with Gasteiger partial charge < -0.3 is 21.1 Å². The van der Waals surface area contributed by atoms with E-state index in [1.165, 1.54) is 24.3 Å². The summed E-state index contributed by atoms with van der Waals surface area (Å²) in [5.74, 6) is -0.124. The highest BCUT2D eigenvalue weighted by molar-refractivity contribution is 5.75. The van der Waals surface area contributed by atoms with Crippen LogP contribution in [0.3, 0.4) is 0 Å². The Morgan fingerprint density at radius 1 is 1.04 bits per heavy atom. The van der Waals surface area contributed by atoms with Crippen LogP contribution in [0, 0.1) is 15.9 Å². The van der Waals surface area contributed by atoms with Gasteiger partial charge in [0, 0.05) is 11.4 Å². The van der Waals surface area contributed by atoms with Crippen molar-refractivity contribution < 1.29 is 14.1 Å². The summed E-state index contributed by atoms with van der Waals surface area (Å²) in [6.07, 6.45) is 0. The predicted octanol–water partition coefficient (Wildman–Crippen LogP) is 3.60. The summed E-state index contributed by atoms with van der Waals surface area (Å²) >= 11 is 0. The Labute approximate surface area is 153 Å². The van der Waals surface area contributed by atoms with Crippen molar-refractivity contribution in [2.75, 3.05) is 23.5 Å². The van der Waals surface area contributed by atoms with Crippen LogP contribution >= 0.6 is 0 Å². The van der Waals surface area contributed by atoms with Crippen molar-refractivity contribution in [1.29, 1.82) is 0 Å². The molecular weight excluding hydrogens is 355 g/mol. The van der Waals surface area contributed by atoms with Crippen LogP contribution in [-0.4, -0.2) is 22.0 Å². The Morgan fingerprint density at radius 3 is 2.22 bits per heavy atom. The van der Waals surface area contributed by atoms with E-state index in [4.69, 9.17) is 10.5 Å². The molecule has 3 rings (SSSR count). The number of nitrogens with zero attached hydrogens (tertiary/aromatic N) is 3. The Bertz CT molecular complexity index is 964.